The molecule has 1 unspecified atom stereocenters. The summed E-state index contributed by atoms with van der Waals surface area (Å²) in [6.45, 7) is 2.96. The second-order valence-electron chi connectivity index (χ2n) is 4.36. The first-order valence-corrected chi connectivity index (χ1v) is 6.21. The topological polar surface area (TPSA) is 75.4 Å². The highest BCUT2D eigenvalue weighted by Crippen LogP contribution is 2.17. The monoisotopic (exact) mass is 252 g/mol. The normalized spacial score (nSPS) is 12.3. The minimum absolute atomic E-state index is 0.183. The lowest BCUT2D eigenvalue weighted by molar-refractivity contribution is -0.385. The lowest BCUT2D eigenvalue weighted by Crippen LogP contribution is -2.28. The highest BCUT2D eigenvalue weighted by atomic mass is 16.6. The summed E-state index contributed by atoms with van der Waals surface area (Å²) in [5.41, 5.74) is 0.937. The third-order valence-corrected chi connectivity index (χ3v) is 2.87. The Morgan fingerprint density at radius 2 is 2.17 bits per heavy atom. The summed E-state index contributed by atoms with van der Waals surface area (Å²) in [4.78, 5) is 10.5. The summed E-state index contributed by atoms with van der Waals surface area (Å²) in [5, 5.41) is 22.8. The summed E-state index contributed by atoms with van der Waals surface area (Å²) in [7, 11) is 0. The molecule has 0 saturated heterocycles. The Morgan fingerprint density at radius 1 is 1.44 bits per heavy atom. The fourth-order valence-electron chi connectivity index (χ4n) is 1.85. The van der Waals surface area contributed by atoms with Crippen molar-refractivity contribution in [3.63, 3.8) is 0 Å². The molecule has 18 heavy (non-hydrogen) atoms. The van der Waals surface area contributed by atoms with Gasteiger partial charge in [0.05, 0.1) is 4.92 Å². The van der Waals surface area contributed by atoms with Gasteiger partial charge in [0, 0.05) is 24.3 Å². The van der Waals surface area contributed by atoms with Gasteiger partial charge in [-0.1, -0.05) is 18.2 Å². The van der Waals surface area contributed by atoms with Crippen LogP contribution in [0.4, 0.5) is 5.69 Å². The summed E-state index contributed by atoms with van der Waals surface area (Å²) in [6.07, 6.45) is 2.33. The quantitative estimate of drug-likeness (QED) is 0.547. The number of para-hydroxylation sites is 1. The van der Waals surface area contributed by atoms with Crippen molar-refractivity contribution in [1.82, 2.24) is 5.32 Å². The van der Waals surface area contributed by atoms with E-state index in [0.717, 1.165) is 18.4 Å². The molecule has 0 aromatic heterocycles. The second kappa shape index (κ2) is 7.79. The van der Waals surface area contributed by atoms with Crippen molar-refractivity contribution in [2.45, 2.75) is 32.2 Å². The molecular weight excluding hydrogens is 232 g/mol. The molecular formula is C13H20N2O3. The van der Waals surface area contributed by atoms with Crippen LogP contribution in [0.5, 0.6) is 0 Å². The first-order chi connectivity index (χ1) is 8.65. The van der Waals surface area contributed by atoms with E-state index in [0.29, 0.717) is 19.0 Å². The van der Waals surface area contributed by atoms with E-state index >= 15 is 0 Å². The number of nitro groups is 1. The fourth-order valence-corrected chi connectivity index (χ4v) is 1.85. The van der Waals surface area contributed by atoms with Gasteiger partial charge in [-0.2, -0.15) is 0 Å². The van der Waals surface area contributed by atoms with E-state index in [2.05, 4.69) is 12.2 Å². The van der Waals surface area contributed by atoms with Crippen LogP contribution in [-0.4, -0.2) is 29.2 Å². The van der Waals surface area contributed by atoms with Gasteiger partial charge in [-0.25, -0.2) is 0 Å². The van der Waals surface area contributed by atoms with E-state index in [1.54, 1.807) is 12.1 Å². The third-order valence-electron chi connectivity index (χ3n) is 2.87. The zero-order valence-electron chi connectivity index (χ0n) is 10.6. The highest BCUT2D eigenvalue weighted by Gasteiger charge is 2.11. The molecule has 0 saturated carbocycles. The minimum Gasteiger partial charge on any atom is -0.396 e. The standard InChI is InChI=1S/C13H20N2O3/c1-11(5-4-10-16)14-9-8-12-6-2-3-7-13(12)15(17)18/h2-3,6-7,11,14,16H,4-5,8-10H2,1H3. The van der Waals surface area contributed by atoms with Crippen molar-refractivity contribution < 1.29 is 10.0 Å². The lowest BCUT2D eigenvalue weighted by Gasteiger charge is -2.12. The number of benzene rings is 1. The number of hydrogen-bond acceptors (Lipinski definition) is 4. The minimum atomic E-state index is -0.343. The van der Waals surface area contributed by atoms with Gasteiger partial charge >= 0.3 is 0 Å². The van der Waals surface area contributed by atoms with E-state index in [-0.39, 0.29) is 17.2 Å². The van der Waals surface area contributed by atoms with Gasteiger partial charge in [-0.05, 0) is 32.7 Å². The number of nitrogens with one attached hydrogen (secondary N) is 1. The van der Waals surface area contributed by atoms with Crippen LogP contribution in [-0.2, 0) is 6.42 Å². The van der Waals surface area contributed by atoms with Gasteiger partial charge in [0.2, 0.25) is 0 Å². The van der Waals surface area contributed by atoms with Gasteiger partial charge < -0.3 is 10.4 Å². The average molecular weight is 252 g/mol. The van der Waals surface area contributed by atoms with Crippen molar-refractivity contribution in [3.05, 3.63) is 39.9 Å². The summed E-state index contributed by atoms with van der Waals surface area (Å²) >= 11 is 0. The Morgan fingerprint density at radius 3 is 2.83 bits per heavy atom. The van der Waals surface area contributed by atoms with Crippen molar-refractivity contribution >= 4 is 5.69 Å². The molecule has 2 N–H and O–H groups in total. The van der Waals surface area contributed by atoms with Crippen LogP contribution >= 0.6 is 0 Å². The molecule has 1 aromatic carbocycles. The second-order valence-corrected chi connectivity index (χ2v) is 4.36. The predicted octanol–water partition coefficient (Wildman–Crippen LogP) is 1.89. The van der Waals surface area contributed by atoms with E-state index < -0.39 is 0 Å². The van der Waals surface area contributed by atoms with Crippen LogP contribution in [0.1, 0.15) is 25.3 Å². The van der Waals surface area contributed by atoms with Crippen molar-refractivity contribution in [2.75, 3.05) is 13.2 Å². The molecule has 0 spiro atoms. The molecule has 0 aliphatic carbocycles. The Labute approximate surface area is 107 Å². The Hall–Kier alpha value is -1.46. The molecule has 5 heteroatoms. The van der Waals surface area contributed by atoms with Crippen LogP contribution in [0.2, 0.25) is 0 Å². The number of hydrogen-bond donors (Lipinski definition) is 2. The van der Waals surface area contributed by atoms with Gasteiger partial charge in [-0.15, -0.1) is 0 Å². The third kappa shape index (κ3) is 4.81. The van der Waals surface area contributed by atoms with Gasteiger partial charge in [0.1, 0.15) is 0 Å². The van der Waals surface area contributed by atoms with Crippen LogP contribution in [0.25, 0.3) is 0 Å². The zero-order chi connectivity index (χ0) is 13.4. The largest absolute Gasteiger partial charge is 0.396 e. The Bertz CT molecular complexity index is 382. The number of nitro benzene ring substituents is 1. The summed E-state index contributed by atoms with van der Waals surface area (Å²) in [6, 6.07) is 7.14. The number of rotatable bonds is 8. The number of aliphatic hydroxyl groups is 1. The molecule has 0 aliphatic heterocycles. The molecule has 0 amide bonds. The van der Waals surface area contributed by atoms with Crippen LogP contribution in [0.15, 0.2) is 24.3 Å². The maximum absolute atomic E-state index is 10.8. The first kappa shape index (κ1) is 14.6. The molecule has 1 aromatic rings. The maximum Gasteiger partial charge on any atom is 0.272 e. The molecule has 0 fully saturated rings. The smallest absolute Gasteiger partial charge is 0.272 e. The number of nitrogens with zero attached hydrogens (tertiary/aromatic N) is 1. The zero-order valence-corrected chi connectivity index (χ0v) is 10.6. The van der Waals surface area contributed by atoms with Crippen LogP contribution in [0.3, 0.4) is 0 Å². The van der Waals surface area contributed by atoms with Gasteiger partial charge in [0.15, 0.2) is 0 Å². The Kier molecular flexibility index (Phi) is 6.32. The summed E-state index contributed by atoms with van der Waals surface area (Å²) in [5.74, 6) is 0. The molecule has 0 radical (unpaired) electrons. The average Bonchev–Trinajstić information content (AvgIpc) is 2.36. The van der Waals surface area contributed by atoms with Crippen molar-refractivity contribution in [1.29, 1.82) is 0 Å². The van der Waals surface area contributed by atoms with E-state index in [1.165, 1.54) is 6.07 Å². The van der Waals surface area contributed by atoms with Crippen LogP contribution in [0, 0.1) is 10.1 Å². The molecule has 100 valence electrons. The maximum atomic E-state index is 10.8. The lowest BCUT2D eigenvalue weighted by atomic mass is 10.1. The highest BCUT2D eigenvalue weighted by molar-refractivity contribution is 5.39. The Balaban J connectivity index is 2.41. The molecule has 0 heterocycles. The van der Waals surface area contributed by atoms with E-state index in [4.69, 9.17) is 5.11 Å². The molecule has 0 bridgehead atoms. The SMILES string of the molecule is CC(CCCO)NCCc1ccccc1[N+](=O)[O-]. The van der Waals surface area contributed by atoms with E-state index in [9.17, 15) is 10.1 Å². The van der Waals surface area contributed by atoms with E-state index in [1.807, 2.05) is 6.07 Å². The predicted molar refractivity (Wildman–Crippen MR) is 70.6 cm³/mol. The van der Waals surface area contributed by atoms with Crippen molar-refractivity contribution in [2.24, 2.45) is 0 Å². The fraction of sp³-hybridized carbons (Fsp3) is 0.538. The van der Waals surface area contributed by atoms with Crippen molar-refractivity contribution in [3.8, 4) is 0 Å². The summed E-state index contributed by atoms with van der Waals surface area (Å²) < 4.78 is 0. The van der Waals surface area contributed by atoms with Gasteiger partial charge in [-0.3, -0.25) is 10.1 Å². The molecule has 1 rings (SSSR count). The molecule has 0 aliphatic rings. The molecule has 5 nitrogen and oxygen atoms in total. The van der Waals surface area contributed by atoms with Gasteiger partial charge in [0.25, 0.3) is 5.69 Å². The number of aliphatic hydroxyl groups excluding tert-OH is 1. The van der Waals surface area contributed by atoms with Crippen LogP contribution < -0.4 is 5.32 Å². The first-order valence-electron chi connectivity index (χ1n) is 6.21. The molecule has 1 atom stereocenters.